The molecule has 154 valence electrons. The summed E-state index contributed by atoms with van der Waals surface area (Å²) in [5, 5.41) is 1.95. The minimum absolute atomic E-state index is 0.0209. The number of carbonyl (C=O) groups excluding carboxylic acids is 3. The van der Waals surface area contributed by atoms with E-state index in [1.807, 2.05) is 5.32 Å². The molecule has 2 heterocycles. The molecule has 0 radical (unpaired) electrons. The number of imide groups is 1. The summed E-state index contributed by atoms with van der Waals surface area (Å²) in [6, 6.07) is 0. The third-order valence-corrected chi connectivity index (χ3v) is 6.70. The van der Waals surface area contributed by atoms with Crippen LogP contribution in [0, 0.1) is 0 Å². The standard InChI is InChI=1S/C17H19Cl3N2O5S/c1-10-8-12(9-13(28(10,26)27)22-6-4-3-5-7-22)14(15(24)17(18,19)20)16(25)21-11(2)23/h8-9H,3-7H2,1-2H3,(H,21,23,25). The zero-order valence-electron chi connectivity index (χ0n) is 15.2. The van der Waals surface area contributed by atoms with Crippen LogP contribution in [-0.4, -0.2) is 47.8 Å². The fourth-order valence-corrected chi connectivity index (χ4v) is 4.66. The van der Waals surface area contributed by atoms with Crippen molar-refractivity contribution in [1.82, 2.24) is 10.2 Å². The molecule has 0 unspecified atom stereocenters. The van der Waals surface area contributed by atoms with E-state index in [1.165, 1.54) is 13.0 Å². The van der Waals surface area contributed by atoms with E-state index in [9.17, 15) is 22.8 Å². The van der Waals surface area contributed by atoms with Gasteiger partial charge in [-0.15, -0.1) is 0 Å². The Bertz CT molecular complexity index is 908. The molecule has 11 heteroatoms. The number of rotatable bonds is 3. The van der Waals surface area contributed by atoms with Crippen LogP contribution < -0.4 is 5.32 Å². The van der Waals surface area contributed by atoms with Crippen LogP contribution in [0.5, 0.6) is 0 Å². The third-order valence-electron chi connectivity index (χ3n) is 4.29. The lowest BCUT2D eigenvalue weighted by molar-refractivity contribution is -0.128. The fraction of sp³-hybridized carbons (Fsp3) is 0.471. The predicted molar refractivity (Wildman–Crippen MR) is 107 cm³/mol. The SMILES string of the molecule is CC(=O)NC(=O)C(C(=O)C(Cl)(Cl)Cl)=C1C=C(C)S(=O)(=O)C(N2CCCCC2)=C1. The van der Waals surface area contributed by atoms with Gasteiger partial charge >= 0.3 is 0 Å². The summed E-state index contributed by atoms with van der Waals surface area (Å²) in [5.74, 6) is -2.95. The number of nitrogens with zero attached hydrogens (tertiary/aromatic N) is 1. The first-order valence-corrected chi connectivity index (χ1v) is 11.0. The van der Waals surface area contributed by atoms with E-state index >= 15 is 0 Å². The van der Waals surface area contributed by atoms with Gasteiger partial charge in [-0.05, 0) is 43.9 Å². The van der Waals surface area contributed by atoms with Gasteiger partial charge in [0, 0.05) is 24.9 Å². The summed E-state index contributed by atoms with van der Waals surface area (Å²) in [5.41, 5.74) is -0.637. The number of carbonyl (C=O) groups is 3. The van der Waals surface area contributed by atoms with Gasteiger partial charge in [-0.3, -0.25) is 19.7 Å². The summed E-state index contributed by atoms with van der Waals surface area (Å²) in [4.78, 5) is 38.0. The Kier molecular flexibility index (Phi) is 7.02. The highest BCUT2D eigenvalue weighted by atomic mass is 35.6. The van der Waals surface area contributed by atoms with Crippen molar-refractivity contribution in [2.75, 3.05) is 13.1 Å². The summed E-state index contributed by atoms with van der Waals surface area (Å²) in [6.07, 6.45) is 5.00. The van der Waals surface area contributed by atoms with Crippen molar-refractivity contribution >= 4 is 62.2 Å². The summed E-state index contributed by atoms with van der Waals surface area (Å²) < 4.78 is 23.1. The van der Waals surface area contributed by atoms with Gasteiger partial charge in [-0.1, -0.05) is 34.8 Å². The molecule has 1 N–H and O–H groups in total. The maximum Gasteiger partial charge on any atom is 0.262 e. The Labute approximate surface area is 178 Å². The topological polar surface area (TPSA) is 101 Å². The van der Waals surface area contributed by atoms with E-state index in [2.05, 4.69) is 0 Å². The van der Waals surface area contributed by atoms with Crippen LogP contribution in [0.25, 0.3) is 0 Å². The molecule has 2 aliphatic rings. The molecule has 0 bridgehead atoms. The Morgan fingerprint density at radius 3 is 2.14 bits per heavy atom. The molecule has 0 saturated carbocycles. The number of halogens is 3. The molecule has 2 rings (SSSR count). The van der Waals surface area contributed by atoms with E-state index in [4.69, 9.17) is 34.8 Å². The second-order valence-electron chi connectivity index (χ2n) is 6.46. The largest absolute Gasteiger partial charge is 0.362 e. The Hall–Kier alpha value is -1.35. The quantitative estimate of drug-likeness (QED) is 0.295. The molecule has 0 atom stereocenters. The number of amides is 2. The fourth-order valence-electron chi connectivity index (χ4n) is 2.96. The van der Waals surface area contributed by atoms with Crippen molar-refractivity contribution in [3.8, 4) is 0 Å². The van der Waals surface area contributed by atoms with Gasteiger partial charge in [-0.25, -0.2) is 8.42 Å². The van der Waals surface area contributed by atoms with Gasteiger partial charge in [-0.2, -0.15) is 0 Å². The molecular weight excluding hydrogens is 451 g/mol. The average molecular weight is 470 g/mol. The number of allylic oxidation sites excluding steroid dienone is 4. The highest BCUT2D eigenvalue weighted by Crippen LogP contribution is 2.35. The average Bonchev–Trinajstić information content (AvgIpc) is 2.57. The number of alkyl halides is 3. The van der Waals surface area contributed by atoms with Crippen molar-refractivity contribution in [1.29, 1.82) is 0 Å². The van der Waals surface area contributed by atoms with Crippen LogP contribution >= 0.6 is 34.8 Å². The highest BCUT2D eigenvalue weighted by Gasteiger charge is 2.39. The van der Waals surface area contributed by atoms with Crippen molar-refractivity contribution in [3.05, 3.63) is 33.2 Å². The minimum Gasteiger partial charge on any atom is -0.362 e. The van der Waals surface area contributed by atoms with Gasteiger partial charge in [0.05, 0.1) is 5.57 Å². The van der Waals surface area contributed by atoms with Crippen LogP contribution in [0.4, 0.5) is 0 Å². The predicted octanol–water partition coefficient (Wildman–Crippen LogP) is 2.54. The van der Waals surface area contributed by atoms with Gasteiger partial charge in [0.15, 0.2) is 0 Å². The monoisotopic (exact) mass is 468 g/mol. The molecule has 0 aromatic heterocycles. The molecule has 1 fully saturated rings. The van der Waals surface area contributed by atoms with E-state index < -0.39 is 36.8 Å². The number of Topliss-reactive ketones (excluding diaryl/α,β-unsaturated/α-hetero) is 1. The third kappa shape index (κ3) is 4.97. The first-order chi connectivity index (χ1) is 12.9. The second-order valence-corrected chi connectivity index (χ2v) is 10.8. The zero-order chi connectivity index (χ0) is 21.3. The molecule has 28 heavy (non-hydrogen) atoms. The normalized spacial score (nSPS) is 21.4. The van der Waals surface area contributed by atoms with Crippen molar-refractivity contribution < 1.29 is 22.8 Å². The molecular formula is C17H19Cl3N2O5S. The smallest absolute Gasteiger partial charge is 0.262 e. The van der Waals surface area contributed by atoms with Crippen molar-refractivity contribution in [3.63, 3.8) is 0 Å². The lowest BCUT2D eigenvalue weighted by Gasteiger charge is -2.32. The molecule has 7 nitrogen and oxygen atoms in total. The van der Waals surface area contributed by atoms with Gasteiger partial charge in [0.25, 0.3) is 9.70 Å². The first-order valence-electron chi connectivity index (χ1n) is 8.43. The van der Waals surface area contributed by atoms with Crippen LogP contribution in [0.15, 0.2) is 33.2 Å². The number of piperidine rings is 1. The Morgan fingerprint density at radius 2 is 1.64 bits per heavy atom. The number of ketones is 1. The Morgan fingerprint density at radius 1 is 1.07 bits per heavy atom. The van der Waals surface area contributed by atoms with Gasteiger partial charge < -0.3 is 4.90 Å². The van der Waals surface area contributed by atoms with Crippen molar-refractivity contribution in [2.45, 2.75) is 36.9 Å². The molecule has 2 amide bonds. The number of sulfone groups is 1. The second kappa shape index (κ2) is 8.57. The van der Waals surface area contributed by atoms with E-state index in [0.29, 0.717) is 13.1 Å². The number of hydrogen-bond donors (Lipinski definition) is 1. The van der Waals surface area contributed by atoms with Gasteiger partial charge in [0.2, 0.25) is 21.5 Å². The highest BCUT2D eigenvalue weighted by molar-refractivity contribution is 7.98. The van der Waals surface area contributed by atoms with Crippen LogP contribution in [0.3, 0.4) is 0 Å². The zero-order valence-corrected chi connectivity index (χ0v) is 18.3. The van der Waals surface area contributed by atoms with Crippen LogP contribution in [0.2, 0.25) is 0 Å². The molecule has 1 saturated heterocycles. The van der Waals surface area contributed by atoms with Gasteiger partial charge in [0.1, 0.15) is 5.03 Å². The summed E-state index contributed by atoms with van der Waals surface area (Å²) in [7, 11) is -3.77. The maximum atomic E-state index is 12.8. The maximum absolute atomic E-state index is 12.8. The molecule has 0 aromatic rings. The number of nitrogens with one attached hydrogen (secondary N) is 1. The Balaban J connectivity index is 2.70. The molecule has 0 aromatic carbocycles. The van der Waals surface area contributed by atoms with E-state index in [0.717, 1.165) is 32.3 Å². The van der Waals surface area contributed by atoms with E-state index in [-0.39, 0.29) is 15.5 Å². The molecule has 0 spiro atoms. The molecule has 2 aliphatic heterocycles. The first kappa shape index (κ1) is 22.9. The summed E-state index contributed by atoms with van der Waals surface area (Å²) >= 11 is 17.0. The van der Waals surface area contributed by atoms with Crippen LogP contribution in [-0.2, 0) is 24.2 Å². The van der Waals surface area contributed by atoms with E-state index in [1.54, 1.807) is 4.90 Å². The lowest BCUT2D eigenvalue weighted by Crippen LogP contribution is -2.37. The minimum atomic E-state index is -3.77. The summed E-state index contributed by atoms with van der Waals surface area (Å²) in [6.45, 7) is 3.49. The lowest BCUT2D eigenvalue weighted by atomic mass is 10.0. The number of likely N-dealkylation sites (tertiary alicyclic amines) is 1. The van der Waals surface area contributed by atoms with Crippen LogP contribution in [0.1, 0.15) is 33.1 Å². The number of hydrogen-bond acceptors (Lipinski definition) is 6. The molecule has 0 aliphatic carbocycles. The van der Waals surface area contributed by atoms with Crippen molar-refractivity contribution in [2.24, 2.45) is 0 Å².